The van der Waals surface area contributed by atoms with Crippen molar-refractivity contribution in [1.29, 1.82) is 0 Å². The summed E-state index contributed by atoms with van der Waals surface area (Å²) in [5.41, 5.74) is 0. The average Bonchev–Trinajstić information content (AvgIpc) is 2.10. The number of isocyanates is 1. The molecule has 0 rings (SSSR count). The number of rotatable bonds is 6. The quantitative estimate of drug-likeness (QED) is 0.274. The normalized spacial score (nSPS) is 11.1. The standard InChI is InChI=1S/C8H12N2OS/c1-2-8(10-7-12)4-3-5-9-6-11/h8H,2-5H2,1H3. The highest BCUT2D eigenvalue weighted by molar-refractivity contribution is 7.78. The smallest absolute Gasteiger partial charge is 0.229 e. The zero-order valence-corrected chi connectivity index (χ0v) is 7.93. The zero-order chi connectivity index (χ0) is 9.23. The van der Waals surface area contributed by atoms with Crippen LogP contribution < -0.4 is 0 Å². The van der Waals surface area contributed by atoms with Crippen molar-refractivity contribution in [3.05, 3.63) is 0 Å². The molecule has 0 saturated heterocycles. The Morgan fingerprint density at radius 3 is 2.83 bits per heavy atom. The van der Waals surface area contributed by atoms with Gasteiger partial charge in [0.15, 0.2) is 0 Å². The molecule has 0 aliphatic heterocycles. The van der Waals surface area contributed by atoms with Crippen molar-refractivity contribution in [2.45, 2.75) is 32.2 Å². The van der Waals surface area contributed by atoms with Crippen LogP contribution in [0.2, 0.25) is 0 Å². The summed E-state index contributed by atoms with van der Waals surface area (Å²) in [6, 6.07) is 0.240. The van der Waals surface area contributed by atoms with Gasteiger partial charge in [-0.05, 0) is 31.5 Å². The third-order valence-electron chi connectivity index (χ3n) is 1.58. The summed E-state index contributed by atoms with van der Waals surface area (Å²) < 4.78 is 0. The lowest BCUT2D eigenvalue weighted by Gasteiger charge is -2.04. The van der Waals surface area contributed by atoms with E-state index in [1.807, 2.05) is 6.92 Å². The fraction of sp³-hybridized carbons (Fsp3) is 0.750. The van der Waals surface area contributed by atoms with Gasteiger partial charge < -0.3 is 0 Å². The van der Waals surface area contributed by atoms with E-state index in [0.717, 1.165) is 19.3 Å². The van der Waals surface area contributed by atoms with E-state index >= 15 is 0 Å². The first-order valence-corrected chi connectivity index (χ1v) is 4.36. The lowest BCUT2D eigenvalue weighted by molar-refractivity contribution is 0.555. The van der Waals surface area contributed by atoms with E-state index in [2.05, 4.69) is 27.4 Å². The molecule has 12 heavy (non-hydrogen) atoms. The van der Waals surface area contributed by atoms with Gasteiger partial charge in [-0.2, -0.15) is 0 Å². The van der Waals surface area contributed by atoms with Crippen LogP contribution in [0.15, 0.2) is 9.98 Å². The average molecular weight is 184 g/mol. The monoisotopic (exact) mass is 184 g/mol. The third-order valence-corrected chi connectivity index (χ3v) is 1.68. The Labute approximate surface area is 77.6 Å². The summed E-state index contributed by atoms with van der Waals surface area (Å²) in [7, 11) is 0. The number of thiocarbonyl (C=S) groups is 1. The van der Waals surface area contributed by atoms with Crippen molar-refractivity contribution >= 4 is 23.5 Å². The molecule has 0 fully saturated rings. The van der Waals surface area contributed by atoms with E-state index < -0.39 is 0 Å². The summed E-state index contributed by atoms with van der Waals surface area (Å²) in [5, 5.41) is 2.36. The van der Waals surface area contributed by atoms with Gasteiger partial charge in [0.05, 0.1) is 17.7 Å². The SMILES string of the molecule is CCC(CCCN=C=O)N=C=S. The van der Waals surface area contributed by atoms with Crippen molar-refractivity contribution in [3.63, 3.8) is 0 Å². The fourth-order valence-corrected chi connectivity index (χ4v) is 1.04. The Hall–Kier alpha value is -0.820. The Morgan fingerprint density at radius 1 is 1.58 bits per heavy atom. The van der Waals surface area contributed by atoms with Gasteiger partial charge in [-0.25, -0.2) is 14.8 Å². The molecule has 0 aliphatic rings. The molecule has 0 bridgehead atoms. The number of aliphatic imine (C=N–C) groups is 2. The summed E-state index contributed by atoms with van der Waals surface area (Å²) in [6.07, 6.45) is 4.22. The molecule has 0 aromatic carbocycles. The van der Waals surface area contributed by atoms with Crippen LogP contribution in [0.25, 0.3) is 0 Å². The van der Waals surface area contributed by atoms with Crippen molar-refractivity contribution < 1.29 is 4.79 Å². The zero-order valence-electron chi connectivity index (χ0n) is 7.12. The lowest BCUT2D eigenvalue weighted by Crippen LogP contribution is -2.02. The molecular weight excluding hydrogens is 172 g/mol. The molecule has 3 nitrogen and oxygen atoms in total. The molecule has 66 valence electrons. The van der Waals surface area contributed by atoms with E-state index in [4.69, 9.17) is 0 Å². The molecule has 4 heteroatoms. The highest BCUT2D eigenvalue weighted by Gasteiger charge is 2.01. The highest BCUT2D eigenvalue weighted by atomic mass is 32.1. The molecule has 1 atom stereocenters. The largest absolute Gasteiger partial charge is 0.234 e. The van der Waals surface area contributed by atoms with Gasteiger partial charge in [0.25, 0.3) is 0 Å². The van der Waals surface area contributed by atoms with Crippen molar-refractivity contribution in [1.82, 2.24) is 0 Å². The van der Waals surface area contributed by atoms with Crippen LogP contribution in [0.5, 0.6) is 0 Å². The summed E-state index contributed by atoms with van der Waals surface area (Å²) in [4.78, 5) is 17.1. The van der Waals surface area contributed by atoms with E-state index in [0.29, 0.717) is 6.54 Å². The van der Waals surface area contributed by atoms with Crippen molar-refractivity contribution in [2.75, 3.05) is 6.54 Å². The Balaban J connectivity index is 3.57. The molecule has 0 aliphatic carbocycles. The summed E-state index contributed by atoms with van der Waals surface area (Å²) in [5.74, 6) is 0. The van der Waals surface area contributed by atoms with Gasteiger partial charge >= 0.3 is 0 Å². The second kappa shape index (κ2) is 8.28. The molecule has 0 amide bonds. The number of carbonyl (C=O) groups excluding carboxylic acids is 1. The van der Waals surface area contributed by atoms with Crippen LogP contribution >= 0.6 is 12.2 Å². The number of nitrogens with zero attached hydrogens (tertiary/aromatic N) is 2. The Morgan fingerprint density at radius 2 is 2.33 bits per heavy atom. The highest BCUT2D eigenvalue weighted by Crippen LogP contribution is 2.05. The number of hydrogen-bond donors (Lipinski definition) is 0. The third kappa shape index (κ3) is 5.93. The maximum atomic E-state index is 9.70. The molecule has 0 heterocycles. The van der Waals surface area contributed by atoms with Gasteiger partial charge in [-0.1, -0.05) is 6.92 Å². The van der Waals surface area contributed by atoms with Crippen LogP contribution in [0.1, 0.15) is 26.2 Å². The lowest BCUT2D eigenvalue weighted by atomic mass is 10.1. The van der Waals surface area contributed by atoms with Crippen LogP contribution in [-0.2, 0) is 4.79 Å². The van der Waals surface area contributed by atoms with Gasteiger partial charge in [0, 0.05) is 0 Å². The first kappa shape index (κ1) is 11.2. The second-order valence-corrected chi connectivity index (χ2v) is 2.58. The number of hydrogen-bond acceptors (Lipinski definition) is 4. The maximum Gasteiger partial charge on any atom is 0.234 e. The molecule has 0 spiro atoms. The predicted molar refractivity (Wildman–Crippen MR) is 51.3 cm³/mol. The first-order valence-electron chi connectivity index (χ1n) is 3.95. The van der Waals surface area contributed by atoms with Crippen LogP contribution in [-0.4, -0.2) is 23.8 Å². The van der Waals surface area contributed by atoms with E-state index in [1.54, 1.807) is 0 Å². The summed E-state index contributed by atoms with van der Waals surface area (Å²) in [6.45, 7) is 2.58. The Kier molecular flexibility index (Phi) is 7.71. The minimum absolute atomic E-state index is 0.240. The van der Waals surface area contributed by atoms with Crippen LogP contribution in [0.4, 0.5) is 0 Å². The second-order valence-electron chi connectivity index (χ2n) is 2.40. The molecule has 0 saturated carbocycles. The fourth-order valence-electron chi connectivity index (χ4n) is 0.886. The maximum absolute atomic E-state index is 9.70. The number of isothiocyanates is 1. The molecular formula is C8H12N2OS. The van der Waals surface area contributed by atoms with Gasteiger partial charge in [0.2, 0.25) is 6.08 Å². The van der Waals surface area contributed by atoms with Gasteiger partial charge in [-0.3, -0.25) is 0 Å². The molecule has 0 radical (unpaired) electrons. The predicted octanol–water partition coefficient (Wildman–Crippen LogP) is 1.98. The van der Waals surface area contributed by atoms with E-state index in [-0.39, 0.29) is 6.04 Å². The topological polar surface area (TPSA) is 41.8 Å². The molecule has 1 unspecified atom stereocenters. The minimum atomic E-state index is 0.240. The van der Waals surface area contributed by atoms with Crippen molar-refractivity contribution in [2.24, 2.45) is 9.98 Å². The first-order chi connectivity index (χ1) is 5.85. The van der Waals surface area contributed by atoms with E-state index in [9.17, 15) is 4.79 Å². The van der Waals surface area contributed by atoms with Crippen LogP contribution in [0.3, 0.4) is 0 Å². The Bertz CT molecular complexity index is 205. The molecule has 0 aromatic rings. The van der Waals surface area contributed by atoms with E-state index in [1.165, 1.54) is 6.08 Å². The van der Waals surface area contributed by atoms with Crippen LogP contribution in [0, 0.1) is 0 Å². The molecule has 0 N–H and O–H groups in total. The van der Waals surface area contributed by atoms with Crippen molar-refractivity contribution in [3.8, 4) is 0 Å². The van der Waals surface area contributed by atoms with Gasteiger partial charge in [-0.15, -0.1) is 0 Å². The minimum Gasteiger partial charge on any atom is -0.229 e. The molecule has 0 aromatic heterocycles. The summed E-state index contributed by atoms with van der Waals surface area (Å²) >= 11 is 4.49. The van der Waals surface area contributed by atoms with Gasteiger partial charge in [0.1, 0.15) is 0 Å².